The second-order valence-electron chi connectivity index (χ2n) is 7.69. The third-order valence-electron chi connectivity index (χ3n) is 5.44. The van der Waals surface area contributed by atoms with Gasteiger partial charge in [-0.25, -0.2) is 4.98 Å². The van der Waals surface area contributed by atoms with Gasteiger partial charge in [-0.15, -0.1) is 0 Å². The molecule has 1 aliphatic rings. The molecule has 2 atom stereocenters. The first kappa shape index (κ1) is 21.2. The zero-order valence-corrected chi connectivity index (χ0v) is 18.5. The second-order valence-corrected chi connectivity index (χ2v) is 8.13. The van der Waals surface area contributed by atoms with Crippen LogP contribution in [0.25, 0.3) is 0 Å². The molecule has 1 amide bonds. The number of ether oxygens (including phenoxy) is 2. The lowest BCUT2D eigenvalue weighted by Crippen LogP contribution is -2.43. The van der Waals surface area contributed by atoms with Gasteiger partial charge in [0, 0.05) is 24.5 Å². The normalized spacial score (nSPS) is 16.5. The Morgan fingerprint density at radius 2 is 2.03 bits per heavy atom. The molecule has 0 aliphatic carbocycles. The van der Waals surface area contributed by atoms with E-state index in [1.54, 1.807) is 36.6 Å². The molecule has 2 heterocycles. The van der Waals surface area contributed by atoms with Crippen LogP contribution in [-0.4, -0.2) is 28.6 Å². The maximum atomic E-state index is 12.8. The molecule has 1 aromatic heterocycles. The summed E-state index contributed by atoms with van der Waals surface area (Å²) in [5.41, 5.74) is 1.70. The van der Waals surface area contributed by atoms with E-state index < -0.39 is 6.10 Å². The lowest BCUT2D eigenvalue weighted by Gasteiger charge is -2.33. The number of nitrogens with zero attached hydrogens (tertiary/aromatic N) is 3. The number of unbranched alkanes of at least 4 members (excludes halogenated alkanes) is 1. The van der Waals surface area contributed by atoms with Crippen molar-refractivity contribution in [3.05, 3.63) is 71.8 Å². The molecule has 1 aliphatic heterocycles. The van der Waals surface area contributed by atoms with Crippen molar-refractivity contribution in [3.63, 3.8) is 0 Å². The highest BCUT2D eigenvalue weighted by Crippen LogP contribution is 2.37. The van der Waals surface area contributed by atoms with E-state index in [2.05, 4.69) is 11.9 Å². The van der Waals surface area contributed by atoms with Crippen molar-refractivity contribution in [2.24, 2.45) is 0 Å². The van der Waals surface area contributed by atoms with E-state index in [0.29, 0.717) is 17.3 Å². The summed E-state index contributed by atoms with van der Waals surface area (Å²) >= 11 is 6.01. The first-order chi connectivity index (χ1) is 15.0. The van der Waals surface area contributed by atoms with Crippen LogP contribution >= 0.6 is 11.6 Å². The first-order valence-electron chi connectivity index (χ1n) is 10.5. The minimum Gasteiger partial charge on any atom is -0.484 e. The molecule has 7 heteroatoms. The summed E-state index contributed by atoms with van der Waals surface area (Å²) in [6.07, 6.45) is 7.39. The number of aromatic nitrogens is 2. The summed E-state index contributed by atoms with van der Waals surface area (Å²) in [5.74, 6) is 1.43. The minimum atomic E-state index is -0.421. The van der Waals surface area contributed by atoms with Gasteiger partial charge in [0.25, 0.3) is 5.91 Å². The Bertz CT molecular complexity index is 1020. The summed E-state index contributed by atoms with van der Waals surface area (Å²) in [5, 5.41) is 0.655. The Kier molecular flexibility index (Phi) is 6.47. The van der Waals surface area contributed by atoms with Crippen molar-refractivity contribution in [3.8, 4) is 11.5 Å². The molecule has 4 rings (SSSR count). The molecule has 0 fully saturated rings. The number of imidazole rings is 1. The first-order valence-corrected chi connectivity index (χ1v) is 10.9. The lowest BCUT2D eigenvalue weighted by molar-refractivity contribution is -0.126. The van der Waals surface area contributed by atoms with Gasteiger partial charge >= 0.3 is 0 Å². The highest BCUT2D eigenvalue weighted by molar-refractivity contribution is 6.30. The topological polar surface area (TPSA) is 56.6 Å². The van der Waals surface area contributed by atoms with Crippen molar-refractivity contribution in [1.29, 1.82) is 0 Å². The molecular weight excluding hydrogens is 414 g/mol. The van der Waals surface area contributed by atoms with Gasteiger partial charge in [0.2, 0.25) is 0 Å². The third-order valence-corrected chi connectivity index (χ3v) is 5.69. The summed E-state index contributed by atoms with van der Waals surface area (Å²) in [6.45, 7) is 2.68. The third kappa shape index (κ3) is 4.85. The summed E-state index contributed by atoms with van der Waals surface area (Å²) in [6, 6.07) is 13.2. The number of amides is 1. The fourth-order valence-corrected chi connectivity index (χ4v) is 3.81. The highest BCUT2D eigenvalue weighted by Gasteiger charge is 2.32. The van der Waals surface area contributed by atoms with Crippen LogP contribution in [0.5, 0.6) is 11.5 Å². The van der Waals surface area contributed by atoms with E-state index in [0.717, 1.165) is 36.3 Å². The molecule has 162 valence electrons. The number of fused-ring (bicyclic) bond motifs is 1. The smallest absolute Gasteiger partial charge is 0.267 e. The van der Waals surface area contributed by atoms with Gasteiger partial charge in [-0.05, 0) is 54.8 Å². The van der Waals surface area contributed by atoms with Crippen LogP contribution < -0.4 is 14.4 Å². The van der Waals surface area contributed by atoms with Crippen LogP contribution in [0, 0.1) is 0 Å². The predicted octanol–water partition coefficient (Wildman–Crippen LogP) is 5.27. The van der Waals surface area contributed by atoms with Crippen LogP contribution in [0.4, 0.5) is 5.69 Å². The number of benzene rings is 2. The number of rotatable bonds is 8. The standard InChI is InChI=1S/C24H26ClN3O3/c1-3-4-5-22-24(29)27(2)20-14-17(6-11-21(20)31-22)23(15-28-13-12-26-16-28)30-19-9-7-18(25)8-10-19/h6-14,16,22-23H,3-5,15H2,1-2H3. The van der Waals surface area contributed by atoms with Crippen LogP contribution in [0.3, 0.4) is 0 Å². The molecule has 2 unspecified atom stereocenters. The number of hydrogen-bond donors (Lipinski definition) is 0. The molecule has 2 aromatic carbocycles. The second kappa shape index (κ2) is 9.43. The van der Waals surface area contributed by atoms with E-state index >= 15 is 0 Å². The molecule has 6 nitrogen and oxygen atoms in total. The van der Waals surface area contributed by atoms with E-state index in [1.807, 2.05) is 41.1 Å². The fraction of sp³-hybridized carbons (Fsp3) is 0.333. The van der Waals surface area contributed by atoms with Crippen LogP contribution in [0.1, 0.15) is 37.9 Å². The molecule has 0 saturated carbocycles. The van der Waals surface area contributed by atoms with E-state index in [4.69, 9.17) is 21.1 Å². The molecule has 0 spiro atoms. The quantitative estimate of drug-likeness (QED) is 0.479. The number of carbonyl (C=O) groups excluding carboxylic acids is 1. The van der Waals surface area contributed by atoms with Gasteiger partial charge in [0.15, 0.2) is 6.10 Å². The average Bonchev–Trinajstić information content (AvgIpc) is 3.29. The van der Waals surface area contributed by atoms with Gasteiger partial charge in [-0.1, -0.05) is 31.0 Å². The minimum absolute atomic E-state index is 0.0112. The summed E-state index contributed by atoms with van der Waals surface area (Å²) in [7, 11) is 1.80. The van der Waals surface area contributed by atoms with Crippen molar-refractivity contribution in [2.75, 3.05) is 11.9 Å². The van der Waals surface area contributed by atoms with Gasteiger partial charge in [0.1, 0.15) is 17.6 Å². The van der Waals surface area contributed by atoms with Crippen molar-refractivity contribution in [1.82, 2.24) is 9.55 Å². The number of anilines is 1. The van der Waals surface area contributed by atoms with Crippen molar-refractivity contribution < 1.29 is 14.3 Å². The van der Waals surface area contributed by atoms with Crippen LogP contribution in [0.15, 0.2) is 61.2 Å². The summed E-state index contributed by atoms with van der Waals surface area (Å²) in [4.78, 5) is 18.6. The maximum absolute atomic E-state index is 12.8. The highest BCUT2D eigenvalue weighted by atomic mass is 35.5. The monoisotopic (exact) mass is 439 g/mol. The largest absolute Gasteiger partial charge is 0.484 e. The fourth-order valence-electron chi connectivity index (χ4n) is 3.68. The van der Waals surface area contributed by atoms with Gasteiger partial charge in [-0.3, -0.25) is 4.79 Å². The zero-order chi connectivity index (χ0) is 21.8. The molecular formula is C24H26ClN3O3. The number of carbonyl (C=O) groups is 1. The van der Waals surface area contributed by atoms with E-state index in [1.165, 1.54) is 0 Å². The Labute approximate surface area is 187 Å². The zero-order valence-electron chi connectivity index (χ0n) is 17.7. The summed E-state index contributed by atoms with van der Waals surface area (Å²) < 4.78 is 14.3. The Morgan fingerprint density at radius 3 is 2.74 bits per heavy atom. The van der Waals surface area contributed by atoms with Crippen molar-refractivity contribution >= 4 is 23.2 Å². The van der Waals surface area contributed by atoms with E-state index in [9.17, 15) is 4.79 Å². The molecule has 0 N–H and O–H groups in total. The molecule has 0 radical (unpaired) electrons. The Balaban J connectivity index is 1.62. The average molecular weight is 440 g/mol. The molecule has 31 heavy (non-hydrogen) atoms. The number of likely N-dealkylation sites (N-methyl/N-ethyl adjacent to an activating group) is 1. The number of hydrogen-bond acceptors (Lipinski definition) is 4. The van der Waals surface area contributed by atoms with Gasteiger partial charge < -0.3 is 18.9 Å². The van der Waals surface area contributed by atoms with Crippen LogP contribution in [-0.2, 0) is 11.3 Å². The Hall–Kier alpha value is -2.99. The van der Waals surface area contributed by atoms with Crippen molar-refractivity contribution in [2.45, 2.75) is 44.9 Å². The van der Waals surface area contributed by atoms with Gasteiger partial charge in [-0.2, -0.15) is 0 Å². The molecule has 3 aromatic rings. The predicted molar refractivity (Wildman–Crippen MR) is 121 cm³/mol. The number of halogens is 1. The molecule has 0 bridgehead atoms. The molecule has 0 saturated heterocycles. The van der Waals surface area contributed by atoms with Gasteiger partial charge in [0.05, 0.1) is 18.6 Å². The van der Waals surface area contributed by atoms with Crippen LogP contribution in [0.2, 0.25) is 5.02 Å². The Morgan fingerprint density at radius 1 is 1.23 bits per heavy atom. The van der Waals surface area contributed by atoms with E-state index in [-0.39, 0.29) is 12.0 Å². The lowest BCUT2D eigenvalue weighted by atomic mass is 10.0. The SMILES string of the molecule is CCCCC1Oc2ccc(C(Cn3ccnc3)Oc3ccc(Cl)cc3)cc2N(C)C1=O. The maximum Gasteiger partial charge on any atom is 0.267 e.